The van der Waals surface area contributed by atoms with E-state index >= 15 is 0 Å². The number of phenolic OH excluding ortho intramolecular Hbond substituents is 1. The minimum atomic E-state index is -0.578. The van der Waals surface area contributed by atoms with Gasteiger partial charge in [0.05, 0.1) is 18.8 Å². The molecular formula is C18H20N2O4. The molecule has 24 heavy (non-hydrogen) atoms. The van der Waals surface area contributed by atoms with Crippen LogP contribution in [0, 0.1) is 0 Å². The standard InChI is InChI=1S/C18H20N2O4/c21-16-12-14-4-2-1-3-13(14)11-15(16)18(23)19-17(22)5-6-20-7-9-24-10-8-20/h1-4,11-12,21H,5-10H2,(H,19,22,23). The fourth-order valence-electron chi connectivity index (χ4n) is 2.75. The van der Waals surface area contributed by atoms with Gasteiger partial charge < -0.3 is 9.84 Å². The van der Waals surface area contributed by atoms with Crippen molar-refractivity contribution in [2.24, 2.45) is 0 Å². The summed E-state index contributed by atoms with van der Waals surface area (Å²) in [5.41, 5.74) is 0.105. The van der Waals surface area contributed by atoms with Crippen molar-refractivity contribution in [3.63, 3.8) is 0 Å². The second-order valence-electron chi connectivity index (χ2n) is 5.80. The molecule has 1 saturated heterocycles. The zero-order valence-electron chi connectivity index (χ0n) is 13.3. The summed E-state index contributed by atoms with van der Waals surface area (Å²) < 4.78 is 5.25. The molecular weight excluding hydrogens is 308 g/mol. The summed E-state index contributed by atoms with van der Waals surface area (Å²) in [4.78, 5) is 26.3. The number of phenols is 1. The number of rotatable bonds is 4. The first-order valence-corrected chi connectivity index (χ1v) is 7.99. The van der Waals surface area contributed by atoms with Gasteiger partial charge in [-0.15, -0.1) is 0 Å². The van der Waals surface area contributed by atoms with Crippen LogP contribution in [-0.2, 0) is 9.53 Å². The molecule has 2 aromatic rings. The van der Waals surface area contributed by atoms with E-state index in [2.05, 4.69) is 10.2 Å². The molecule has 3 rings (SSSR count). The first-order valence-electron chi connectivity index (χ1n) is 7.99. The lowest BCUT2D eigenvalue weighted by molar-refractivity contribution is -0.120. The van der Waals surface area contributed by atoms with Crippen LogP contribution >= 0.6 is 0 Å². The maximum Gasteiger partial charge on any atom is 0.261 e. The van der Waals surface area contributed by atoms with E-state index in [9.17, 15) is 14.7 Å². The SMILES string of the molecule is O=C(CCN1CCOCC1)NC(=O)c1cc2ccccc2cc1O. The lowest BCUT2D eigenvalue weighted by Gasteiger charge is -2.26. The average molecular weight is 328 g/mol. The quantitative estimate of drug-likeness (QED) is 0.890. The van der Waals surface area contributed by atoms with Crippen LogP contribution in [0.15, 0.2) is 36.4 Å². The van der Waals surface area contributed by atoms with Gasteiger partial charge in [0.15, 0.2) is 0 Å². The molecule has 0 radical (unpaired) electrons. The molecule has 0 saturated carbocycles. The minimum absolute atomic E-state index is 0.105. The molecule has 6 nitrogen and oxygen atoms in total. The Bertz CT molecular complexity index is 754. The number of carbonyl (C=O) groups excluding carboxylic acids is 2. The smallest absolute Gasteiger partial charge is 0.261 e. The second kappa shape index (κ2) is 7.42. The fourth-order valence-corrected chi connectivity index (χ4v) is 2.75. The Kier molecular flexibility index (Phi) is 5.08. The maximum atomic E-state index is 12.2. The Balaban J connectivity index is 1.61. The van der Waals surface area contributed by atoms with Crippen molar-refractivity contribution >= 4 is 22.6 Å². The summed E-state index contributed by atoms with van der Waals surface area (Å²) in [6.45, 7) is 3.53. The van der Waals surface area contributed by atoms with Crippen molar-refractivity contribution in [2.45, 2.75) is 6.42 Å². The largest absolute Gasteiger partial charge is 0.507 e. The number of carbonyl (C=O) groups is 2. The normalized spacial score (nSPS) is 15.3. The molecule has 126 valence electrons. The molecule has 2 N–H and O–H groups in total. The summed E-state index contributed by atoms with van der Waals surface area (Å²) in [5.74, 6) is -1.06. The van der Waals surface area contributed by atoms with Gasteiger partial charge in [0.2, 0.25) is 5.91 Å². The molecule has 0 aliphatic carbocycles. The van der Waals surface area contributed by atoms with Crippen LogP contribution < -0.4 is 5.32 Å². The first kappa shape index (κ1) is 16.4. The highest BCUT2D eigenvalue weighted by Crippen LogP contribution is 2.24. The molecule has 1 heterocycles. The van der Waals surface area contributed by atoms with E-state index in [1.54, 1.807) is 6.07 Å². The van der Waals surface area contributed by atoms with Crippen molar-refractivity contribution in [1.29, 1.82) is 0 Å². The highest BCUT2D eigenvalue weighted by Gasteiger charge is 2.17. The minimum Gasteiger partial charge on any atom is -0.507 e. The Morgan fingerprint density at radius 2 is 1.79 bits per heavy atom. The van der Waals surface area contributed by atoms with Crippen LogP contribution in [0.1, 0.15) is 16.8 Å². The molecule has 0 spiro atoms. The molecule has 0 atom stereocenters. The van der Waals surface area contributed by atoms with Crippen molar-refractivity contribution in [3.05, 3.63) is 42.0 Å². The zero-order chi connectivity index (χ0) is 16.9. The molecule has 0 unspecified atom stereocenters. The molecule has 0 aromatic heterocycles. The number of benzene rings is 2. The average Bonchev–Trinajstić information content (AvgIpc) is 2.60. The number of hydrogen-bond acceptors (Lipinski definition) is 5. The number of aromatic hydroxyl groups is 1. The monoisotopic (exact) mass is 328 g/mol. The summed E-state index contributed by atoms with van der Waals surface area (Å²) in [6.07, 6.45) is 0.236. The third-order valence-corrected chi connectivity index (χ3v) is 4.12. The van der Waals surface area contributed by atoms with E-state index in [1.165, 1.54) is 6.07 Å². The first-order chi connectivity index (χ1) is 11.6. The third kappa shape index (κ3) is 3.90. The Hall–Kier alpha value is -2.44. The summed E-state index contributed by atoms with van der Waals surface area (Å²) in [5, 5.41) is 14.0. The molecule has 2 aromatic carbocycles. The van der Waals surface area contributed by atoms with Crippen LogP contribution in [0.25, 0.3) is 10.8 Å². The van der Waals surface area contributed by atoms with Crippen molar-refractivity contribution in [1.82, 2.24) is 10.2 Å². The highest BCUT2D eigenvalue weighted by atomic mass is 16.5. The van der Waals surface area contributed by atoms with Crippen molar-refractivity contribution in [3.8, 4) is 5.75 Å². The molecule has 1 fully saturated rings. The van der Waals surface area contributed by atoms with E-state index < -0.39 is 5.91 Å². The van der Waals surface area contributed by atoms with Gasteiger partial charge in [0.1, 0.15) is 5.75 Å². The van der Waals surface area contributed by atoms with Crippen LogP contribution in [0.2, 0.25) is 0 Å². The summed E-state index contributed by atoms with van der Waals surface area (Å²) in [6, 6.07) is 10.5. The van der Waals surface area contributed by atoms with Gasteiger partial charge in [-0.3, -0.25) is 19.8 Å². The van der Waals surface area contributed by atoms with E-state index in [-0.39, 0.29) is 23.6 Å². The van der Waals surface area contributed by atoms with E-state index in [4.69, 9.17) is 4.74 Å². The van der Waals surface area contributed by atoms with Gasteiger partial charge >= 0.3 is 0 Å². The molecule has 1 aliphatic rings. The molecule has 2 amide bonds. The second-order valence-corrected chi connectivity index (χ2v) is 5.80. The van der Waals surface area contributed by atoms with Crippen molar-refractivity contribution in [2.75, 3.05) is 32.8 Å². The van der Waals surface area contributed by atoms with Gasteiger partial charge in [-0.25, -0.2) is 0 Å². The Morgan fingerprint density at radius 3 is 2.50 bits per heavy atom. The Morgan fingerprint density at radius 1 is 1.12 bits per heavy atom. The van der Waals surface area contributed by atoms with Gasteiger partial charge in [0.25, 0.3) is 5.91 Å². The fraction of sp³-hybridized carbons (Fsp3) is 0.333. The molecule has 0 bridgehead atoms. The summed E-state index contributed by atoms with van der Waals surface area (Å²) in [7, 11) is 0. The molecule has 6 heteroatoms. The van der Waals surface area contributed by atoms with Gasteiger partial charge in [-0.2, -0.15) is 0 Å². The predicted molar refractivity (Wildman–Crippen MR) is 90.0 cm³/mol. The van der Waals surface area contributed by atoms with Crippen molar-refractivity contribution < 1.29 is 19.4 Å². The maximum absolute atomic E-state index is 12.2. The van der Waals surface area contributed by atoms with Crippen LogP contribution in [0.5, 0.6) is 5.75 Å². The molecule has 1 aliphatic heterocycles. The van der Waals surface area contributed by atoms with E-state index in [1.807, 2.05) is 24.3 Å². The Labute approximate surface area is 140 Å². The number of nitrogens with one attached hydrogen (secondary N) is 1. The number of hydrogen-bond donors (Lipinski definition) is 2. The number of morpholine rings is 1. The van der Waals surface area contributed by atoms with Gasteiger partial charge in [0, 0.05) is 26.1 Å². The number of imide groups is 1. The zero-order valence-corrected chi connectivity index (χ0v) is 13.3. The van der Waals surface area contributed by atoms with Crippen LogP contribution in [-0.4, -0.2) is 54.7 Å². The van der Waals surface area contributed by atoms with E-state index in [0.717, 1.165) is 23.9 Å². The number of ether oxygens (including phenoxy) is 1. The topological polar surface area (TPSA) is 78.9 Å². The lowest BCUT2D eigenvalue weighted by atomic mass is 10.1. The third-order valence-electron chi connectivity index (χ3n) is 4.12. The van der Waals surface area contributed by atoms with E-state index in [0.29, 0.717) is 19.8 Å². The lowest BCUT2D eigenvalue weighted by Crippen LogP contribution is -2.39. The van der Waals surface area contributed by atoms with Crippen LogP contribution in [0.4, 0.5) is 0 Å². The number of fused-ring (bicyclic) bond motifs is 1. The predicted octanol–water partition coefficient (Wildman–Crippen LogP) is 1.52. The summed E-state index contributed by atoms with van der Waals surface area (Å²) >= 11 is 0. The highest BCUT2D eigenvalue weighted by molar-refractivity contribution is 6.08. The van der Waals surface area contributed by atoms with Gasteiger partial charge in [-0.05, 0) is 22.9 Å². The number of amides is 2. The van der Waals surface area contributed by atoms with Gasteiger partial charge in [-0.1, -0.05) is 24.3 Å². The number of nitrogens with zero attached hydrogens (tertiary/aromatic N) is 1. The van der Waals surface area contributed by atoms with Crippen LogP contribution in [0.3, 0.4) is 0 Å².